The van der Waals surface area contributed by atoms with E-state index >= 15 is 0 Å². The fraction of sp³-hybridized carbons (Fsp3) is 0.474. The van der Waals surface area contributed by atoms with E-state index in [-0.39, 0.29) is 0 Å². The van der Waals surface area contributed by atoms with Gasteiger partial charge in [-0.25, -0.2) is 0 Å². The van der Waals surface area contributed by atoms with Gasteiger partial charge in [-0.15, -0.1) is 0 Å². The maximum Gasteiger partial charge on any atom is 0.240 e. The molecule has 7 nitrogen and oxygen atoms in total. The summed E-state index contributed by atoms with van der Waals surface area (Å²) in [6, 6.07) is 7.54. The number of rotatable bonds is 4. The van der Waals surface area contributed by atoms with Gasteiger partial charge in [-0.3, -0.25) is 4.90 Å². The Kier molecular flexibility index (Phi) is 4.02. The van der Waals surface area contributed by atoms with Crippen LogP contribution in [0.2, 0.25) is 5.02 Å². The van der Waals surface area contributed by atoms with Crippen LogP contribution >= 0.6 is 11.6 Å². The Morgan fingerprint density at radius 3 is 2.78 bits per heavy atom. The molecule has 3 aromatic rings. The zero-order chi connectivity index (χ0) is 18.4. The second kappa shape index (κ2) is 6.42. The largest absolute Gasteiger partial charge is 0.339 e. The molecule has 8 heteroatoms. The second-order valence-electron chi connectivity index (χ2n) is 7.60. The molecule has 0 bridgehead atoms. The summed E-state index contributed by atoms with van der Waals surface area (Å²) in [6.45, 7) is 4.61. The van der Waals surface area contributed by atoms with Gasteiger partial charge in [-0.2, -0.15) is 9.97 Å². The van der Waals surface area contributed by atoms with Crippen molar-refractivity contribution in [3.8, 4) is 11.4 Å². The van der Waals surface area contributed by atoms with Crippen molar-refractivity contribution in [2.75, 3.05) is 13.1 Å². The summed E-state index contributed by atoms with van der Waals surface area (Å²) in [7, 11) is 0. The predicted molar refractivity (Wildman–Crippen MR) is 98.1 cm³/mol. The molecular weight excluding hydrogens is 366 g/mol. The zero-order valence-electron chi connectivity index (χ0n) is 15.1. The zero-order valence-corrected chi connectivity index (χ0v) is 15.8. The van der Waals surface area contributed by atoms with Crippen LogP contribution in [0.4, 0.5) is 0 Å². The summed E-state index contributed by atoms with van der Waals surface area (Å²) in [5, 5.41) is 8.69. The molecule has 2 aliphatic rings. The molecule has 3 heterocycles. The van der Waals surface area contributed by atoms with Gasteiger partial charge < -0.3 is 9.05 Å². The lowest BCUT2D eigenvalue weighted by molar-refractivity contribution is 0.144. The molecule has 1 atom stereocenters. The van der Waals surface area contributed by atoms with Crippen molar-refractivity contribution in [2.24, 2.45) is 5.41 Å². The topological polar surface area (TPSA) is 81.1 Å². The van der Waals surface area contributed by atoms with Gasteiger partial charge >= 0.3 is 0 Å². The Bertz CT molecular complexity index is 960. The highest BCUT2D eigenvalue weighted by molar-refractivity contribution is 6.30. The first kappa shape index (κ1) is 16.9. The third-order valence-electron chi connectivity index (χ3n) is 5.79. The van der Waals surface area contributed by atoms with E-state index in [9.17, 15) is 0 Å². The molecule has 1 aliphatic heterocycles. The van der Waals surface area contributed by atoms with Crippen molar-refractivity contribution in [1.82, 2.24) is 25.2 Å². The maximum absolute atomic E-state index is 6.06. The molecule has 1 aromatic carbocycles. The number of benzene rings is 1. The molecule has 27 heavy (non-hydrogen) atoms. The molecule has 1 unspecified atom stereocenters. The standard InChI is InChI=1S/C19H20ClN5O2/c1-12-21-16(26-23-12)11-25-7-5-19(6-8-25)10-15(19)18-22-17(24-27-18)13-3-2-4-14(20)9-13/h2-4,9,15H,5-8,10-11H2,1H3. The monoisotopic (exact) mass is 385 g/mol. The quantitative estimate of drug-likeness (QED) is 0.674. The van der Waals surface area contributed by atoms with Crippen LogP contribution in [0.25, 0.3) is 11.4 Å². The summed E-state index contributed by atoms with van der Waals surface area (Å²) in [5.41, 5.74) is 1.19. The molecular formula is C19H20ClN5O2. The molecule has 140 valence electrons. The molecule has 0 amide bonds. The van der Waals surface area contributed by atoms with Crippen LogP contribution in [0.1, 0.15) is 42.8 Å². The van der Waals surface area contributed by atoms with Gasteiger partial charge in [0.1, 0.15) is 0 Å². The van der Waals surface area contributed by atoms with Crippen molar-refractivity contribution >= 4 is 11.6 Å². The van der Waals surface area contributed by atoms with E-state index in [1.165, 1.54) is 0 Å². The Balaban J connectivity index is 1.22. The van der Waals surface area contributed by atoms with Gasteiger partial charge in [0, 0.05) is 16.5 Å². The van der Waals surface area contributed by atoms with Crippen molar-refractivity contribution in [1.29, 1.82) is 0 Å². The number of aromatic nitrogens is 4. The minimum atomic E-state index is 0.305. The minimum absolute atomic E-state index is 0.305. The molecule has 2 fully saturated rings. The van der Waals surface area contributed by atoms with Gasteiger partial charge in [0.15, 0.2) is 5.82 Å². The van der Waals surface area contributed by atoms with Crippen molar-refractivity contribution < 1.29 is 9.05 Å². The molecule has 5 rings (SSSR count). The van der Waals surface area contributed by atoms with Gasteiger partial charge in [0.2, 0.25) is 17.6 Å². The van der Waals surface area contributed by atoms with Crippen LogP contribution in [0.5, 0.6) is 0 Å². The second-order valence-corrected chi connectivity index (χ2v) is 8.03. The van der Waals surface area contributed by atoms with Crippen molar-refractivity contribution in [2.45, 2.75) is 38.6 Å². The van der Waals surface area contributed by atoms with Crippen LogP contribution in [0.3, 0.4) is 0 Å². The number of piperidine rings is 1. The fourth-order valence-corrected chi connectivity index (χ4v) is 4.31. The van der Waals surface area contributed by atoms with Gasteiger partial charge in [-0.1, -0.05) is 34.0 Å². The molecule has 1 aliphatic carbocycles. The molecule has 1 spiro atoms. The van der Waals surface area contributed by atoms with Crippen molar-refractivity contribution in [3.05, 3.63) is 46.9 Å². The van der Waals surface area contributed by atoms with Crippen molar-refractivity contribution in [3.63, 3.8) is 0 Å². The number of likely N-dealkylation sites (tertiary alicyclic amines) is 1. The van der Waals surface area contributed by atoms with E-state index in [1.54, 1.807) is 0 Å². The number of hydrogen-bond acceptors (Lipinski definition) is 7. The Morgan fingerprint density at radius 1 is 1.19 bits per heavy atom. The SMILES string of the molecule is Cc1noc(CN2CCC3(CC2)CC3c2nc(-c3cccc(Cl)c3)no2)n1. The van der Waals surface area contributed by atoms with E-state index in [1.807, 2.05) is 31.2 Å². The normalized spacial score (nSPS) is 21.6. The lowest BCUT2D eigenvalue weighted by atomic mass is 9.91. The maximum atomic E-state index is 6.06. The minimum Gasteiger partial charge on any atom is -0.339 e. The highest BCUT2D eigenvalue weighted by Crippen LogP contribution is 2.64. The number of hydrogen-bond donors (Lipinski definition) is 0. The van der Waals surface area contributed by atoms with E-state index in [2.05, 4.69) is 25.2 Å². The number of nitrogens with zero attached hydrogens (tertiary/aromatic N) is 5. The van der Waals surface area contributed by atoms with Gasteiger partial charge in [-0.05, 0) is 56.8 Å². The first-order valence-electron chi connectivity index (χ1n) is 9.22. The Hall–Kier alpha value is -2.25. The summed E-state index contributed by atoms with van der Waals surface area (Å²) in [5.74, 6) is 3.11. The predicted octanol–water partition coefficient (Wildman–Crippen LogP) is 3.85. The Labute approximate surface area is 161 Å². The summed E-state index contributed by atoms with van der Waals surface area (Å²) < 4.78 is 10.8. The van der Waals surface area contributed by atoms with E-state index in [0.29, 0.717) is 33.9 Å². The van der Waals surface area contributed by atoms with Crippen LogP contribution < -0.4 is 0 Å². The average molecular weight is 386 g/mol. The number of aryl methyl sites for hydroxylation is 1. The smallest absolute Gasteiger partial charge is 0.240 e. The molecule has 0 radical (unpaired) electrons. The number of halogens is 1. The molecule has 1 saturated carbocycles. The van der Waals surface area contributed by atoms with Gasteiger partial charge in [0.25, 0.3) is 0 Å². The van der Waals surface area contributed by atoms with E-state index < -0.39 is 0 Å². The third kappa shape index (κ3) is 3.26. The van der Waals surface area contributed by atoms with Gasteiger partial charge in [0.05, 0.1) is 6.54 Å². The molecule has 0 N–H and O–H groups in total. The van der Waals surface area contributed by atoms with Crippen LogP contribution in [0, 0.1) is 12.3 Å². The first-order valence-corrected chi connectivity index (χ1v) is 9.60. The van der Waals surface area contributed by atoms with Crippen LogP contribution in [0.15, 0.2) is 33.3 Å². The fourth-order valence-electron chi connectivity index (χ4n) is 4.12. The lowest BCUT2D eigenvalue weighted by Gasteiger charge is -2.31. The molecule has 1 saturated heterocycles. The summed E-state index contributed by atoms with van der Waals surface area (Å²) in [4.78, 5) is 11.3. The summed E-state index contributed by atoms with van der Waals surface area (Å²) >= 11 is 6.06. The third-order valence-corrected chi connectivity index (χ3v) is 6.03. The highest BCUT2D eigenvalue weighted by atomic mass is 35.5. The first-order chi connectivity index (χ1) is 13.1. The Morgan fingerprint density at radius 2 is 2.04 bits per heavy atom. The highest BCUT2D eigenvalue weighted by Gasteiger charge is 2.58. The van der Waals surface area contributed by atoms with Crippen LogP contribution in [-0.2, 0) is 6.54 Å². The van der Waals surface area contributed by atoms with E-state index in [0.717, 1.165) is 50.4 Å². The molecule has 2 aromatic heterocycles. The van der Waals surface area contributed by atoms with Crippen LogP contribution in [-0.4, -0.2) is 38.3 Å². The summed E-state index contributed by atoms with van der Waals surface area (Å²) in [6.07, 6.45) is 3.37. The average Bonchev–Trinajstić information content (AvgIpc) is 2.99. The van der Waals surface area contributed by atoms with E-state index in [4.69, 9.17) is 20.6 Å². The lowest BCUT2D eigenvalue weighted by Crippen LogP contribution is -2.34.